The van der Waals surface area contributed by atoms with Gasteiger partial charge in [0.15, 0.2) is 5.69 Å². The van der Waals surface area contributed by atoms with Crippen LogP contribution in [0.1, 0.15) is 21.7 Å². The molecule has 0 saturated carbocycles. The Hall–Kier alpha value is -3.77. The molecule has 2 aromatic carbocycles. The molecule has 0 spiro atoms. The van der Waals surface area contributed by atoms with E-state index in [0.29, 0.717) is 11.4 Å². The number of aromatic nitrogens is 5. The Morgan fingerprint density at radius 2 is 2.06 bits per heavy atom. The SMILES string of the molecule is Nc1nonc1-n1nnc(C(=O)NN=Cc2c(F)cccc2Cl)c1CSc1ccccc1. The fourth-order valence-electron chi connectivity index (χ4n) is 2.63. The molecule has 0 aliphatic carbocycles. The Morgan fingerprint density at radius 1 is 1.25 bits per heavy atom. The summed E-state index contributed by atoms with van der Waals surface area (Å²) in [5.74, 6) is -0.856. The summed E-state index contributed by atoms with van der Waals surface area (Å²) >= 11 is 7.40. The van der Waals surface area contributed by atoms with E-state index in [4.69, 9.17) is 17.3 Å². The summed E-state index contributed by atoms with van der Waals surface area (Å²) in [7, 11) is 0. The highest BCUT2D eigenvalue weighted by Crippen LogP contribution is 2.26. The molecule has 0 aliphatic heterocycles. The third-order valence-electron chi connectivity index (χ3n) is 4.15. The molecule has 0 unspecified atom stereocenters. The molecule has 162 valence electrons. The van der Waals surface area contributed by atoms with Crippen molar-refractivity contribution in [1.82, 2.24) is 30.7 Å². The van der Waals surface area contributed by atoms with E-state index in [2.05, 4.69) is 35.8 Å². The van der Waals surface area contributed by atoms with Gasteiger partial charge in [0.2, 0.25) is 11.6 Å². The Balaban J connectivity index is 1.59. The van der Waals surface area contributed by atoms with Gasteiger partial charge in [-0.2, -0.15) is 9.78 Å². The van der Waals surface area contributed by atoms with Gasteiger partial charge in [-0.1, -0.05) is 41.1 Å². The van der Waals surface area contributed by atoms with Gasteiger partial charge >= 0.3 is 0 Å². The summed E-state index contributed by atoms with van der Waals surface area (Å²) in [6.45, 7) is 0. The van der Waals surface area contributed by atoms with Gasteiger partial charge in [-0.3, -0.25) is 4.79 Å². The lowest BCUT2D eigenvalue weighted by atomic mass is 10.2. The van der Waals surface area contributed by atoms with Crippen molar-refractivity contribution in [3.05, 3.63) is 76.3 Å². The van der Waals surface area contributed by atoms with Crippen molar-refractivity contribution >= 4 is 41.3 Å². The zero-order valence-electron chi connectivity index (χ0n) is 16.1. The number of nitrogens with zero attached hydrogens (tertiary/aromatic N) is 6. The van der Waals surface area contributed by atoms with Crippen molar-refractivity contribution in [2.45, 2.75) is 10.6 Å². The van der Waals surface area contributed by atoms with Crippen LogP contribution in [0, 0.1) is 5.82 Å². The first-order valence-electron chi connectivity index (χ1n) is 9.03. The Kier molecular flexibility index (Phi) is 6.42. The third-order valence-corrected chi connectivity index (χ3v) is 5.51. The fraction of sp³-hybridized carbons (Fsp3) is 0.0526. The number of anilines is 1. The number of hydrogen-bond donors (Lipinski definition) is 2. The van der Waals surface area contributed by atoms with Crippen LogP contribution in [0.4, 0.5) is 10.2 Å². The lowest BCUT2D eigenvalue weighted by Crippen LogP contribution is -2.20. The van der Waals surface area contributed by atoms with Gasteiger partial charge in [-0.05, 0) is 34.6 Å². The van der Waals surface area contributed by atoms with Gasteiger partial charge in [-0.25, -0.2) is 14.4 Å². The summed E-state index contributed by atoms with van der Waals surface area (Å²) < 4.78 is 19.8. The number of carbonyl (C=O) groups excluding carboxylic acids is 1. The van der Waals surface area contributed by atoms with E-state index in [0.717, 1.165) is 11.1 Å². The van der Waals surface area contributed by atoms with Crippen LogP contribution in [0.15, 0.2) is 63.2 Å². The topological polar surface area (TPSA) is 137 Å². The van der Waals surface area contributed by atoms with E-state index in [1.807, 2.05) is 30.3 Å². The Morgan fingerprint density at radius 3 is 2.78 bits per heavy atom. The second kappa shape index (κ2) is 9.58. The molecule has 4 aromatic rings. The Bertz CT molecular complexity index is 1260. The summed E-state index contributed by atoms with van der Waals surface area (Å²) in [4.78, 5) is 13.7. The smallest absolute Gasteiger partial charge is 0.293 e. The van der Waals surface area contributed by atoms with Gasteiger partial charge in [0.25, 0.3) is 5.91 Å². The average Bonchev–Trinajstić information content (AvgIpc) is 3.40. The average molecular weight is 473 g/mol. The molecule has 0 fully saturated rings. The minimum atomic E-state index is -0.668. The number of rotatable bonds is 7. The van der Waals surface area contributed by atoms with Crippen LogP contribution in [0.3, 0.4) is 0 Å². The number of hydrazone groups is 1. The van der Waals surface area contributed by atoms with Crippen molar-refractivity contribution in [2.75, 3.05) is 5.73 Å². The number of nitrogens with one attached hydrogen (secondary N) is 1. The Labute approximate surface area is 189 Å². The lowest BCUT2D eigenvalue weighted by molar-refractivity contribution is 0.0949. The zero-order valence-corrected chi connectivity index (χ0v) is 17.7. The second-order valence-corrected chi connectivity index (χ2v) is 7.66. The number of thioether (sulfide) groups is 1. The van der Waals surface area contributed by atoms with Crippen LogP contribution in [0.25, 0.3) is 5.82 Å². The van der Waals surface area contributed by atoms with E-state index in [1.165, 1.54) is 34.6 Å². The van der Waals surface area contributed by atoms with Crippen molar-refractivity contribution in [2.24, 2.45) is 5.10 Å². The molecular formula is C19H14ClFN8O2S. The molecule has 2 aromatic heterocycles. The molecule has 0 bridgehead atoms. The number of amides is 1. The largest absolute Gasteiger partial charge is 0.378 e. The van der Waals surface area contributed by atoms with E-state index in [-0.39, 0.29) is 27.9 Å². The van der Waals surface area contributed by atoms with Crippen molar-refractivity contribution in [1.29, 1.82) is 0 Å². The van der Waals surface area contributed by atoms with Crippen LogP contribution < -0.4 is 11.2 Å². The van der Waals surface area contributed by atoms with Gasteiger partial charge in [0, 0.05) is 16.2 Å². The fourth-order valence-corrected chi connectivity index (χ4v) is 3.75. The molecule has 0 atom stereocenters. The zero-order chi connectivity index (χ0) is 22.5. The lowest BCUT2D eigenvalue weighted by Gasteiger charge is -2.06. The monoisotopic (exact) mass is 472 g/mol. The molecule has 2 heterocycles. The molecule has 10 nitrogen and oxygen atoms in total. The summed E-state index contributed by atoms with van der Waals surface area (Å²) in [5, 5.41) is 19.1. The van der Waals surface area contributed by atoms with Gasteiger partial charge in [0.1, 0.15) is 5.82 Å². The molecule has 0 aliphatic rings. The van der Waals surface area contributed by atoms with Crippen LogP contribution in [-0.4, -0.2) is 37.4 Å². The molecule has 0 radical (unpaired) electrons. The molecule has 3 N–H and O–H groups in total. The maximum absolute atomic E-state index is 13.9. The maximum Gasteiger partial charge on any atom is 0.293 e. The first kappa shape index (κ1) is 21.5. The highest BCUT2D eigenvalue weighted by molar-refractivity contribution is 7.98. The first-order valence-corrected chi connectivity index (χ1v) is 10.4. The number of carbonyl (C=O) groups is 1. The van der Waals surface area contributed by atoms with Crippen LogP contribution in [-0.2, 0) is 5.75 Å². The third kappa shape index (κ3) is 4.60. The number of hydrogen-bond acceptors (Lipinski definition) is 9. The van der Waals surface area contributed by atoms with Crippen LogP contribution >= 0.6 is 23.4 Å². The minimum absolute atomic E-state index is 0.0139. The van der Waals surface area contributed by atoms with E-state index in [9.17, 15) is 9.18 Å². The number of benzene rings is 2. The predicted octanol–water partition coefficient (Wildman–Crippen LogP) is 3.08. The molecular weight excluding hydrogens is 459 g/mol. The van der Waals surface area contributed by atoms with Crippen LogP contribution in [0.2, 0.25) is 5.02 Å². The highest BCUT2D eigenvalue weighted by Gasteiger charge is 2.24. The first-order chi connectivity index (χ1) is 15.5. The van der Waals surface area contributed by atoms with E-state index < -0.39 is 11.7 Å². The molecule has 4 rings (SSSR count). The van der Waals surface area contributed by atoms with Crippen molar-refractivity contribution in [3.63, 3.8) is 0 Å². The molecule has 32 heavy (non-hydrogen) atoms. The number of nitrogens with two attached hydrogens (primary N) is 1. The quantitative estimate of drug-likeness (QED) is 0.238. The van der Waals surface area contributed by atoms with Crippen molar-refractivity contribution in [3.8, 4) is 5.82 Å². The highest BCUT2D eigenvalue weighted by atomic mass is 35.5. The van der Waals surface area contributed by atoms with Gasteiger partial charge in [0.05, 0.1) is 16.9 Å². The second-order valence-electron chi connectivity index (χ2n) is 6.21. The summed E-state index contributed by atoms with van der Waals surface area (Å²) in [6.07, 6.45) is 1.11. The summed E-state index contributed by atoms with van der Waals surface area (Å²) in [6, 6.07) is 13.7. The summed E-state index contributed by atoms with van der Waals surface area (Å²) in [5.41, 5.74) is 8.48. The van der Waals surface area contributed by atoms with E-state index in [1.54, 1.807) is 0 Å². The molecule has 1 amide bonds. The maximum atomic E-state index is 13.9. The van der Waals surface area contributed by atoms with E-state index >= 15 is 0 Å². The minimum Gasteiger partial charge on any atom is -0.378 e. The normalized spacial score (nSPS) is 11.2. The van der Waals surface area contributed by atoms with Crippen molar-refractivity contribution < 1.29 is 13.8 Å². The van der Waals surface area contributed by atoms with Gasteiger partial charge < -0.3 is 5.73 Å². The predicted molar refractivity (Wildman–Crippen MR) is 116 cm³/mol. The molecule has 0 saturated heterocycles. The standard InChI is InChI=1S/C19H14ClFN8O2S/c20-13-7-4-8-14(21)12(13)9-23-25-19(30)16-15(10-32-11-5-2-1-3-6-11)29(28-24-16)18-17(22)26-31-27-18/h1-9H,10H2,(H2,22,26)(H,25,30). The number of nitrogen functional groups attached to an aromatic ring is 1. The van der Waals surface area contributed by atoms with Gasteiger partial charge in [-0.15, -0.1) is 16.9 Å². The molecule has 13 heteroatoms. The number of halogens is 2. The van der Waals surface area contributed by atoms with Crippen LogP contribution in [0.5, 0.6) is 0 Å².